The van der Waals surface area contributed by atoms with Crippen molar-refractivity contribution in [1.29, 1.82) is 5.41 Å². The van der Waals surface area contributed by atoms with Crippen molar-refractivity contribution in [2.45, 2.75) is 27.2 Å². The summed E-state index contributed by atoms with van der Waals surface area (Å²) in [4.78, 5) is 0. The first-order valence-electron chi connectivity index (χ1n) is 5.55. The van der Waals surface area contributed by atoms with E-state index in [4.69, 9.17) is 5.41 Å². The Hall–Kier alpha value is -1.31. The number of anilines is 1. The van der Waals surface area contributed by atoms with Gasteiger partial charge in [0, 0.05) is 24.0 Å². The molecule has 0 aliphatic heterocycles. The van der Waals surface area contributed by atoms with Crippen LogP contribution in [0.4, 0.5) is 5.69 Å². The first-order chi connectivity index (χ1) is 7.19. The first kappa shape index (κ1) is 11.8. The van der Waals surface area contributed by atoms with Gasteiger partial charge in [-0.15, -0.1) is 0 Å². The zero-order chi connectivity index (χ0) is 11.3. The maximum atomic E-state index is 7.45. The molecule has 0 aliphatic rings. The van der Waals surface area contributed by atoms with Crippen LogP contribution in [0.25, 0.3) is 0 Å². The zero-order valence-electron chi connectivity index (χ0n) is 9.80. The summed E-state index contributed by atoms with van der Waals surface area (Å²) in [7, 11) is 0. The number of benzene rings is 1. The third-order valence-electron chi connectivity index (χ3n) is 2.42. The second-order valence-corrected chi connectivity index (χ2v) is 4.15. The molecule has 1 rings (SSSR count). The summed E-state index contributed by atoms with van der Waals surface area (Å²) >= 11 is 0. The number of rotatable bonds is 5. The molecule has 0 amide bonds. The van der Waals surface area contributed by atoms with Crippen LogP contribution in [0.15, 0.2) is 18.2 Å². The molecule has 0 fully saturated rings. The summed E-state index contributed by atoms with van der Waals surface area (Å²) in [5, 5.41) is 10.8. The zero-order valence-corrected chi connectivity index (χ0v) is 9.80. The van der Waals surface area contributed by atoms with Gasteiger partial charge in [0.1, 0.15) is 0 Å². The van der Waals surface area contributed by atoms with Gasteiger partial charge in [-0.2, -0.15) is 0 Å². The fourth-order valence-corrected chi connectivity index (χ4v) is 1.56. The van der Waals surface area contributed by atoms with E-state index in [1.165, 1.54) is 11.8 Å². The monoisotopic (exact) mass is 204 g/mol. The molecule has 0 unspecified atom stereocenters. The summed E-state index contributed by atoms with van der Waals surface area (Å²) < 4.78 is 0. The average Bonchev–Trinajstić information content (AvgIpc) is 2.25. The molecule has 0 saturated heterocycles. The van der Waals surface area contributed by atoms with Gasteiger partial charge in [0.15, 0.2) is 0 Å². The summed E-state index contributed by atoms with van der Waals surface area (Å²) in [6.07, 6.45) is 2.42. The van der Waals surface area contributed by atoms with Crippen molar-refractivity contribution in [2.75, 3.05) is 11.9 Å². The number of hydrogen-bond donors (Lipinski definition) is 2. The fourth-order valence-electron chi connectivity index (χ4n) is 1.56. The molecule has 0 saturated carbocycles. The van der Waals surface area contributed by atoms with E-state index in [2.05, 4.69) is 38.2 Å². The molecule has 0 spiro atoms. The number of nitrogens with one attached hydrogen (secondary N) is 2. The quantitative estimate of drug-likeness (QED) is 0.709. The highest BCUT2D eigenvalue weighted by molar-refractivity contribution is 5.87. The molecule has 0 radical (unpaired) electrons. The van der Waals surface area contributed by atoms with Gasteiger partial charge in [-0.1, -0.05) is 32.9 Å². The van der Waals surface area contributed by atoms with E-state index in [0.717, 1.165) is 24.2 Å². The van der Waals surface area contributed by atoms with Gasteiger partial charge in [-0.3, -0.25) is 0 Å². The normalized spacial score (nSPS) is 10.4. The molecule has 0 aliphatic carbocycles. The van der Waals surface area contributed by atoms with Crippen LogP contribution in [0.2, 0.25) is 0 Å². The van der Waals surface area contributed by atoms with Crippen molar-refractivity contribution >= 4 is 11.9 Å². The largest absolute Gasteiger partial charge is 0.384 e. The highest BCUT2D eigenvalue weighted by atomic mass is 14.9. The van der Waals surface area contributed by atoms with E-state index < -0.39 is 0 Å². The van der Waals surface area contributed by atoms with Crippen LogP contribution < -0.4 is 5.32 Å². The molecule has 15 heavy (non-hydrogen) atoms. The van der Waals surface area contributed by atoms with Crippen molar-refractivity contribution in [1.82, 2.24) is 0 Å². The lowest BCUT2D eigenvalue weighted by molar-refractivity contribution is 0.689. The molecule has 0 heterocycles. The standard InChI is InChI=1S/C13H20N2/c1-4-11-6-5-7-13(12(11)8-14)15-9-10(2)3/h5-8,10,14-15H,4,9H2,1-3H3. The summed E-state index contributed by atoms with van der Waals surface area (Å²) in [6.45, 7) is 7.43. The Morgan fingerprint density at radius 2 is 2.13 bits per heavy atom. The third kappa shape index (κ3) is 3.08. The lowest BCUT2D eigenvalue weighted by atomic mass is 10.0. The second-order valence-electron chi connectivity index (χ2n) is 4.15. The van der Waals surface area contributed by atoms with Crippen LogP contribution in [0.1, 0.15) is 31.9 Å². The van der Waals surface area contributed by atoms with Crippen LogP contribution in [0.5, 0.6) is 0 Å². The SMILES string of the molecule is CCc1cccc(NCC(C)C)c1C=N. The molecule has 2 nitrogen and oxygen atoms in total. The lowest BCUT2D eigenvalue weighted by Crippen LogP contribution is -2.10. The van der Waals surface area contributed by atoms with Gasteiger partial charge in [0.2, 0.25) is 0 Å². The smallest absolute Gasteiger partial charge is 0.0432 e. The van der Waals surface area contributed by atoms with Gasteiger partial charge >= 0.3 is 0 Å². The third-order valence-corrected chi connectivity index (χ3v) is 2.42. The molecule has 0 aromatic heterocycles. The number of hydrogen-bond acceptors (Lipinski definition) is 2. The Balaban J connectivity index is 2.91. The Kier molecular flexibility index (Phi) is 4.35. The molecule has 0 atom stereocenters. The molecule has 1 aromatic rings. The van der Waals surface area contributed by atoms with E-state index in [-0.39, 0.29) is 0 Å². The van der Waals surface area contributed by atoms with Crippen LogP contribution in [0.3, 0.4) is 0 Å². The summed E-state index contributed by atoms with van der Waals surface area (Å²) in [5.41, 5.74) is 3.34. The molecule has 0 bridgehead atoms. The summed E-state index contributed by atoms with van der Waals surface area (Å²) in [5.74, 6) is 0.619. The maximum absolute atomic E-state index is 7.45. The first-order valence-corrected chi connectivity index (χ1v) is 5.55. The Labute approximate surface area is 92.2 Å². The van der Waals surface area contributed by atoms with E-state index in [1.807, 2.05) is 6.07 Å². The molecule has 1 aromatic carbocycles. The fraction of sp³-hybridized carbons (Fsp3) is 0.462. The predicted octanol–water partition coefficient (Wildman–Crippen LogP) is 3.31. The van der Waals surface area contributed by atoms with E-state index in [9.17, 15) is 0 Å². The van der Waals surface area contributed by atoms with E-state index in [1.54, 1.807) is 0 Å². The Morgan fingerprint density at radius 1 is 1.40 bits per heavy atom. The minimum Gasteiger partial charge on any atom is -0.384 e. The van der Waals surface area contributed by atoms with Crippen LogP contribution in [-0.4, -0.2) is 12.8 Å². The number of aryl methyl sites for hydroxylation is 1. The molecule has 2 N–H and O–H groups in total. The van der Waals surface area contributed by atoms with Gasteiger partial charge in [0.25, 0.3) is 0 Å². The highest BCUT2D eigenvalue weighted by Gasteiger charge is 2.04. The van der Waals surface area contributed by atoms with E-state index in [0.29, 0.717) is 5.92 Å². The van der Waals surface area contributed by atoms with Gasteiger partial charge in [-0.05, 0) is 24.0 Å². The molecule has 82 valence electrons. The Morgan fingerprint density at radius 3 is 2.67 bits per heavy atom. The highest BCUT2D eigenvalue weighted by Crippen LogP contribution is 2.18. The van der Waals surface area contributed by atoms with Gasteiger partial charge < -0.3 is 10.7 Å². The average molecular weight is 204 g/mol. The lowest BCUT2D eigenvalue weighted by Gasteiger charge is -2.13. The molecular formula is C13H20N2. The Bertz CT molecular complexity index is 329. The van der Waals surface area contributed by atoms with Crippen molar-refractivity contribution in [3.8, 4) is 0 Å². The van der Waals surface area contributed by atoms with Crippen LogP contribution in [-0.2, 0) is 6.42 Å². The summed E-state index contributed by atoms with van der Waals surface area (Å²) in [6, 6.07) is 6.18. The predicted molar refractivity (Wildman–Crippen MR) is 67.0 cm³/mol. The molecule has 2 heteroatoms. The van der Waals surface area contributed by atoms with Gasteiger partial charge in [0.05, 0.1) is 0 Å². The topological polar surface area (TPSA) is 35.9 Å². The van der Waals surface area contributed by atoms with Crippen LogP contribution in [0, 0.1) is 11.3 Å². The van der Waals surface area contributed by atoms with Crippen molar-refractivity contribution in [3.05, 3.63) is 29.3 Å². The van der Waals surface area contributed by atoms with Crippen molar-refractivity contribution < 1.29 is 0 Å². The van der Waals surface area contributed by atoms with Gasteiger partial charge in [-0.25, -0.2) is 0 Å². The van der Waals surface area contributed by atoms with E-state index >= 15 is 0 Å². The molecular weight excluding hydrogens is 184 g/mol. The minimum absolute atomic E-state index is 0.619. The second kappa shape index (κ2) is 5.54. The van der Waals surface area contributed by atoms with Crippen LogP contribution >= 0.6 is 0 Å². The van der Waals surface area contributed by atoms with Crippen molar-refractivity contribution in [3.63, 3.8) is 0 Å². The van der Waals surface area contributed by atoms with Crippen molar-refractivity contribution in [2.24, 2.45) is 5.92 Å². The minimum atomic E-state index is 0.619. The maximum Gasteiger partial charge on any atom is 0.0432 e.